The van der Waals surface area contributed by atoms with Gasteiger partial charge in [0.1, 0.15) is 28.8 Å². The minimum absolute atomic E-state index is 0.139. The van der Waals surface area contributed by atoms with E-state index in [0.717, 1.165) is 18.2 Å². The standard InChI is InChI=1S/C18H12BrF2N3O3/c19-10-5-4-9(15-16(10)23-7-6-22-15)8-13(18(26)27)24-17(25)14-11(20)2-1-3-12(14)21/h1-7,13H,8H2,(H,24,25)(H,26,27). The molecular weight excluding hydrogens is 424 g/mol. The van der Waals surface area contributed by atoms with E-state index >= 15 is 0 Å². The van der Waals surface area contributed by atoms with Crippen molar-refractivity contribution >= 4 is 38.8 Å². The van der Waals surface area contributed by atoms with Gasteiger partial charge in [0.05, 0.1) is 5.52 Å². The number of carbonyl (C=O) groups is 2. The zero-order valence-electron chi connectivity index (χ0n) is 13.6. The first-order valence-corrected chi connectivity index (χ1v) is 8.53. The van der Waals surface area contributed by atoms with Gasteiger partial charge in [-0.3, -0.25) is 14.8 Å². The molecule has 3 rings (SSSR count). The molecule has 1 atom stereocenters. The average Bonchev–Trinajstić information content (AvgIpc) is 2.63. The summed E-state index contributed by atoms with van der Waals surface area (Å²) in [4.78, 5) is 32.2. The number of rotatable bonds is 5. The Bertz CT molecular complexity index is 1030. The van der Waals surface area contributed by atoms with Crippen LogP contribution in [0.15, 0.2) is 47.2 Å². The summed E-state index contributed by atoms with van der Waals surface area (Å²) in [5.41, 5.74) is 0.683. The summed E-state index contributed by atoms with van der Waals surface area (Å²) in [7, 11) is 0. The van der Waals surface area contributed by atoms with E-state index in [-0.39, 0.29) is 6.42 Å². The first-order chi connectivity index (χ1) is 12.9. The fourth-order valence-electron chi connectivity index (χ4n) is 2.61. The van der Waals surface area contributed by atoms with Gasteiger partial charge in [0, 0.05) is 23.3 Å². The number of hydrogen-bond donors (Lipinski definition) is 2. The van der Waals surface area contributed by atoms with Gasteiger partial charge in [-0.1, -0.05) is 12.1 Å². The lowest BCUT2D eigenvalue weighted by Crippen LogP contribution is -2.43. The Morgan fingerprint density at radius 1 is 1.07 bits per heavy atom. The number of hydrogen-bond acceptors (Lipinski definition) is 4. The van der Waals surface area contributed by atoms with E-state index in [1.807, 2.05) is 0 Å². The monoisotopic (exact) mass is 435 g/mol. The molecule has 6 nitrogen and oxygen atoms in total. The number of fused-ring (bicyclic) bond motifs is 1. The Morgan fingerprint density at radius 2 is 1.70 bits per heavy atom. The van der Waals surface area contributed by atoms with Crippen LogP contribution in [0.2, 0.25) is 0 Å². The third-order valence-corrected chi connectivity index (χ3v) is 4.52. The number of aliphatic carboxylic acids is 1. The summed E-state index contributed by atoms with van der Waals surface area (Å²) >= 11 is 3.34. The Morgan fingerprint density at radius 3 is 2.33 bits per heavy atom. The maximum absolute atomic E-state index is 13.8. The third-order valence-electron chi connectivity index (χ3n) is 3.88. The van der Waals surface area contributed by atoms with Crippen molar-refractivity contribution in [3.8, 4) is 0 Å². The number of carboxylic acid groups (broad SMARTS) is 1. The van der Waals surface area contributed by atoms with Crippen molar-refractivity contribution in [3.63, 3.8) is 0 Å². The molecule has 0 aliphatic carbocycles. The molecule has 27 heavy (non-hydrogen) atoms. The van der Waals surface area contributed by atoms with Gasteiger partial charge in [-0.25, -0.2) is 13.6 Å². The summed E-state index contributed by atoms with van der Waals surface area (Å²) < 4.78 is 28.2. The van der Waals surface area contributed by atoms with E-state index < -0.39 is 35.1 Å². The van der Waals surface area contributed by atoms with Gasteiger partial charge in [-0.15, -0.1) is 0 Å². The molecule has 0 aliphatic rings. The number of amides is 1. The molecule has 0 radical (unpaired) electrons. The summed E-state index contributed by atoms with van der Waals surface area (Å²) in [6.07, 6.45) is 2.81. The smallest absolute Gasteiger partial charge is 0.326 e. The van der Waals surface area contributed by atoms with Crippen molar-refractivity contribution in [1.29, 1.82) is 0 Å². The molecule has 0 aliphatic heterocycles. The minimum atomic E-state index is -1.41. The average molecular weight is 436 g/mol. The molecule has 138 valence electrons. The number of carboxylic acids is 1. The second kappa shape index (κ2) is 7.75. The third kappa shape index (κ3) is 3.92. The quantitative estimate of drug-likeness (QED) is 0.642. The Hall–Kier alpha value is -2.94. The SMILES string of the molecule is O=C(NC(Cc1ccc(Br)c2nccnc12)C(=O)O)c1c(F)cccc1F. The van der Waals surface area contributed by atoms with Crippen molar-refractivity contribution in [2.75, 3.05) is 0 Å². The predicted octanol–water partition coefficient (Wildman–Crippen LogP) is 3.10. The Kier molecular flexibility index (Phi) is 5.41. The second-order valence-electron chi connectivity index (χ2n) is 5.63. The predicted molar refractivity (Wildman–Crippen MR) is 96.2 cm³/mol. The summed E-state index contributed by atoms with van der Waals surface area (Å²) in [6.45, 7) is 0. The molecule has 3 aromatic rings. The molecule has 0 saturated carbocycles. The van der Waals surface area contributed by atoms with Crippen LogP contribution < -0.4 is 5.32 Å². The number of carbonyl (C=O) groups excluding carboxylic acids is 1. The Labute approximate surface area is 160 Å². The van der Waals surface area contributed by atoms with Crippen molar-refractivity contribution in [2.45, 2.75) is 12.5 Å². The van der Waals surface area contributed by atoms with Gasteiger partial charge in [0.15, 0.2) is 0 Å². The molecule has 9 heteroatoms. The molecular formula is C18H12BrF2N3O3. The first-order valence-electron chi connectivity index (χ1n) is 7.74. The first kappa shape index (κ1) is 18.8. The molecule has 0 spiro atoms. The normalized spacial score (nSPS) is 12.0. The summed E-state index contributed by atoms with van der Waals surface area (Å²) in [5, 5.41) is 11.6. The van der Waals surface area contributed by atoms with E-state index in [0.29, 0.717) is 21.1 Å². The molecule has 0 saturated heterocycles. The van der Waals surface area contributed by atoms with Crippen LogP contribution in [-0.4, -0.2) is 33.0 Å². The molecule has 1 aromatic heterocycles. The van der Waals surface area contributed by atoms with Crippen LogP contribution in [0.4, 0.5) is 8.78 Å². The van der Waals surface area contributed by atoms with Crippen LogP contribution in [0.1, 0.15) is 15.9 Å². The van der Waals surface area contributed by atoms with Gasteiger partial charge in [0.25, 0.3) is 5.91 Å². The molecule has 0 bridgehead atoms. The van der Waals surface area contributed by atoms with Crippen LogP contribution in [0.5, 0.6) is 0 Å². The fourth-order valence-corrected chi connectivity index (χ4v) is 3.03. The Balaban J connectivity index is 1.91. The van der Waals surface area contributed by atoms with E-state index in [2.05, 4.69) is 31.2 Å². The zero-order chi connectivity index (χ0) is 19.6. The van der Waals surface area contributed by atoms with Crippen LogP contribution in [0.3, 0.4) is 0 Å². The van der Waals surface area contributed by atoms with Gasteiger partial charge >= 0.3 is 5.97 Å². The van der Waals surface area contributed by atoms with Crippen molar-refractivity contribution in [3.05, 3.63) is 70.0 Å². The topological polar surface area (TPSA) is 92.2 Å². The van der Waals surface area contributed by atoms with Crippen molar-refractivity contribution < 1.29 is 23.5 Å². The highest BCUT2D eigenvalue weighted by atomic mass is 79.9. The van der Waals surface area contributed by atoms with Gasteiger partial charge in [-0.2, -0.15) is 0 Å². The lowest BCUT2D eigenvalue weighted by molar-refractivity contribution is -0.139. The highest BCUT2D eigenvalue weighted by molar-refractivity contribution is 9.10. The molecule has 0 fully saturated rings. The van der Waals surface area contributed by atoms with Crippen LogP contribution in [0.25, 0.3) is 11.0 Å². The van der Waals surface area contributed by atoms with E-state index in [9.17, 15) is 23.5 Å². The molecule has 1 amide bonds. The fraction of sp³-hybridized carbons (Fsp3) is 0.111. The number of nitrogens with one attached hydrogen (secondary N) is 1. The number of aromatic nitrogens is 2. The highest BCUT2D eigenvalue weighted by Crippen LogP contribution is 2.24. The molecule has 2 aromatic carbocycles. The second-order valence-corrected chi connectivity index (χ2v) is 6.48. The number of halogens is 3. The molecule has 1 unspecified atom stereocenters. The van der Waals surface area contributed by atoms with Crippen LogP contribution in [0, 0.1) is 11.6 Å². The molecule has 1 heterocycles. The van der Waals surface area contributed by atoms with E-state index in [1.165, 1.54) is 12.4 Å². The van der Waals surface area contributed by atoms with Crippen LogP contribution >= 0.6 is 15.9 Å². The van der Waals surface area contributed by atoms with E-state index in [1.54, 1.807) is 12.1 Å². The minimum Gasteiger partial charge on any atom is -0.480 e. The van der Waals surface area contributed by atoms with Gasteiger partial charge in [0.2, 0.25) is 0 Å². The van der Waals surface area contributed by atoms with Gasteiger partial charge < -0.3 is 10.4 Å². The lowest BCUT2D eigenvalue weighted by Gasteiger charge is -2.16. The van der Waals surface area contributed by atoms with Crippen LogP contribution in [-0.2, 0) is 11.2 Å². The van der Waals surface area contributed by atoms with Crippen molar-refractivity contribution in [1.82, 2.24) is 15.3 Å². The maximum atomic E-state index is 13.8. The zero-order valence-corrected chi connectivity index (χ0v) is 15.2. The summed E-state index contributed by atoms with van der Waals surface area (Å²) in [6, 6.07) is 4.87. The van der Waals surface area contributed by atoms with Gasteiger partial charge in [-0.05, 0) is 39.7 Å². The molecule has 2 N–H and O–H groups in total. The lowest BCUT2D eigenvalue weighted by atomic mass is 10.0. The van der Waals surface area contributed by atoms with Crippen molar-refractivity contribution in [2.24, 2.45) is 0 Å². The summed E-state index contributed by atoms with van der Waals surface area (Å²) in [5.74, 6) is -4.64. The van der Waals surface area contributed by atoms with E-state index in [4.69, 9.17) is 0 Å². The number of nitrogens with zero attached hydrogens (tertiary/aromatic N) is 2. The maximum Gasteiger partial charge on any atom is 0.326 e. The highest BCUT2D eigenvalue weighted by Gasteiger charge is 2.25. The number of benzene rings is 2. The largest absolute Gasteiger partial charge is 0.480 e.